The molecule has 0 aliphatic heterocycles. The second-order valence-corrected chi connectivity index (χ2v) is 4.73. The molecule has 0 heterocycles. The smallest absolute Gasteiger partial charge is 0.0407 e. The van der Waals surface area contributed by atoms with Crippen molar-refractivity contribution < 1.29 is 0 Å². The lowest BCUT2D eigenvalue weighted by Gasteiger charge is -2.26. The van der Waals surface area contributed by atoms with Crippen LogP contribution in [0.3, 0.4) is 0 Å². The zero-order valence-corrected chi connectivity index (χ0v) is 11.5. The summed E-state index contributed by atoms with van der Waals surface area (Å²) in [5.41, 5.74) is 2.72. The summed E-state index contributed by atoms with van der Waals surface area (Å²) in [6.07, 6.45) is 2.40. The van der Waals surface area contributed by atoms with Gasteiger partial charge in [0.25, 0.3) is 0 Å². The lowest BCUT2D eigenvalue weighted by molar-refractivity contribution is 0.742. The Bertz CT molecular complexity index is 303. The van der Waals surface area contributed by atoms with Crippen LogP contribution in [0.5, 0.6) is 0 Å². The topological polar surface area (TPSA) is 3.24 Å². The molecule has 0 fully saturated rings. The van der Waals surface area contributed by atoms with E-state index in [2.05, 4.69) is 59.8 Å². The molecular weight excluding hydrogens is 250 g/mol. The van der Waals surface area contributed by atoms with Crippen LogP contribution in [0, 0.1) is 6.92 Å². The average molecular weight is 270 g/mol. The van der Waals surface area contributed by atoms with Crippen LogP contribution in [0.2, 0.25) is 0 Å². The lowest BCUT2D eigenvalue weighted by Crippen LogP contribution is -2.25. The van der Waals surface area contributed by atoms with E-state index in [0.29, 0.717) is 0 Å². The van der Waals surface area contributed by atoms with Crippen molar-refractivity contribution in [2.75, 3.05) is 18.0 Å². The zero-order chi connectivity index (χ0) is 11.3. The summed E-state index contributed by atoms with van der Waals surface area (Å²) in [5, 5.41) is 0. The summed E-state index contributed by atoms with van der Waals surface area (Å²) in [4.78, 5) is 2.47. The SMILES string of the molecule is CCCN(CCC)c1cccc(Br)c1C. The van der Waals surface area contributed by atoms with Gasteiger partial charge in [0.1, 0.15) is 0 Å². The zero-order valence-electron chi connectivity index (χ0n) is 9.89. The van der Waals surface area contributed by atoms with Crippen LogP contribution in [-0.4, -0.2) is 13.1 Å². The first-order valence-corrected chi connectivity index (χ1v) is 6.50. The molecule has 1 rings (SSSR count). The molecular formula is C13H20BrN. The van der Waals surface area contributed by atoms with Crippen molar-refractivity contribution in [3.63, 3.8) is 0 Å². The maximum atomic E-state index is 3.59. The fraction of sp³-hybridized carbons (Fsp3) is 0.538. The molecule has 0 unspecified atom stereocenters. The summed E-state index contributed by atoms with van der Waals surface area (Å²) in [6, 6.07) is 6.44. The highest BCUT2D eigenvalue weighted by Crippen LogP contribution is 2.27. The predicted octanol–water partition coefficient (Wildman–Crippen LogP) is 4.38. The van der Waals surface area contributed by atoms with Crippen LogP contribution in [0.1, 0.15) is 32.3 Å². The molecule has 0 spiro atoms. The van der Waals surface area contributed by atoms with Gasteiger partial charge in [-0.05, 0) is 37.5 Å². The van der Waals surface area contributed by atoms with Crippen LogP contribution in [-0.2, 0) is 0 Å². The Hall–Kier alpha value is -0.500. The highest BCUT2D eigenvalue weighted by molar-refractivity contribution is 9.10. The van der Waals surface area contributed by atoms with Crippen LogP contribution in [0.4, 0.5) is 5.69 Å². The quantitative estimate of drug-likeness (QED) is 0.767. The van der Waals surface area contributed by atoms with Crippen LogP contribution in [0.15, 0.2) is 22.7 Å². The number of anilines is 1. The molecule has 1 aromatic carbocycles. The van der Waals surface area contributed by atoms with Crippen LogP contribution in [0.25, 0.3) is 0 Å². The van der Waals surface area contributed by atoms with Crippen LogP contribution < -0.4 is 4.90 Å². The minimum absolute atomic E-state index is 1.14. The van der Waals surface area contributed by atoms with Gasteiger partial charge in [0.05, 0.1) is 0 Å². The molecule has 1 nitrogen and oxygen atoms in total. The number of hydrogen-bond acceptors (Lipinski definition) is 1. The molecule has 2 heteroatoms. The minimum atomic E-state index is 1.14. The third-order valence-corrected chi connectivity index (χ3v) is 3.43. The van der Waals surface area contributed by atoms with Gasteiger partial charge in [-0.1, -0.05) is 35.8 Å². The molecule has 84 valence electrons. The molecule has 0 radical (unpaired) electrons. The number of hydrogen-bond donors (Lipinski definition) is 0. The van der Waals surface area contributed by atoms with E-state index in [1.165, 1.54) is 28.6 Å². The maximum absolute atomic E-state index is 3.59. The van der Waals surface area contributed by atoms with Gasteiger partial charge < -0.3 is 4.90 Å². The van der Waals surface area contributed by atoms with Crippen LogP contribution >= 0.6 is 15.9 Å². The van der Waals surface area contributed by atoms with Gasteiger partial charge in [0.2, 0.25) is 0 Å². The summed E-state index contributed by atoms with van der Waals surface area (Å²) >= 11 is 3.59. The highest BCUT2D eigenvalue weighted by atomic mass is 79.9. The summed E-state index contributed by atoms with van der Waals surface area (Å²) in [5.74, 6) is 0. The number of halogens is 1. The molecule has 0 saturated heterocycles. The van der Waals surface area contributed by atoms with Crippen molar-refractivity contribution in [2.45, 2.75) is 33.6 Å². The van der Waals surface area contributed by atoms with Crippen molar-refractivity contribution in [3.8, 4) is 0 Å². The van der Waals surface area contributed by atoms with Gasteiger partial charge in [-0.3, -0.25) is 0 Å². The number of nitrogens with zero attached hydrogens (tertiary/aromatic N) is 1. The van der Waals surface area contributed by atoms with Gasteiger partial charge in [-0.15, -0.1) is 0 Å². The van der Waals surface area contributed by atoms with E-state index in [4.69, 9.17) is 0 Å². The Morgan fingerprint density at radius 1 is 1.13 bits per heavy atom. The van der Waals surface area contributed by atoms with Crippen molar-refractivity contribution in [3.05, 3.63) is 28.2 Å². The van der Waals surface area contributed by atoms with Gasteiger partial charge >= 0.3 is 0 Å². The first-order valence-electron chi connectivity index (χ1n) is 5.70. The van der Waals surface area contributed by atoms with E-state index < -0.39 is 0 Å². The molecule has 0 N–H and O–H groups in total. The van der Waals surface area contributed by atoms with Gasteiger partial charge in [0, 0.05) is 23.2 Å². The Balaban J connectivity index is 2.94. The fourth-order valence-corrected chi connectivity index (χ4v) is 2.19. The first-order chi connectivity index (χ1) is 7.20. The van der Waals surface area contributed by atoms with Crippen molar-refractivity contribution in [2.24, 2.45) is 0 Å². The average Bonchev–Trinajstić information content (AvgIpc) is 2.22. The highest BCUT2D eigenvalue weighted by Gasteiger charge is 2.08. The van der Waals surface area contributed by atoms with Gasteiger partial charge in [-0.25, -0.2) is 0 Å². The van der Waals surface area contributed by atoms with E-state index >= 15 is 0 Å². The molecule has 0 bridgehead atoms. The summed E-state index contributed by atoms with van der Waals surface area (Å²) in [7, 11) is 0. The third-order valence-electron chi connectivity index (χ3n) is 2.57. The van der Waals surface area contributed by atoms with Crippen molar-refractivity contribution >= 4 is 21.6 Å². The monoisotopic (exact) mass is 269 g/mol. The second kappa shape index (κ2) is 6.16. The van der Waals surface area contributed by atoms with E-state index in [9.17, 15) is 0 Å². The molecule has 1 aromatic rings. The molecule has 0 aliphatic carbocycles. The standard InChI is InChI=1S/C13H20BrN/c1-4-9-15(10-5-2)13-8-6-7-12(14)11(13)3/h6-8H,4-5,9-10H2,1-3H3. The molecule has 15 heavy (non-hydrogen) atoms. The predicted molar refractivity (Wildman–Crippen MR) is 71.7 cm³/mol. The summed E-state index contributed by atoms with van der Waals surface area (Å²) in [6.45, 7) is 8.93. The van der Waals surface area contributed by atoms with Crippen molar-refractivity contribution in [1.82, 2.24) is 0 Å². The third kappa shape index (κ3) is 3.23. The number of rotatable bonds is 5. The number of benzene rings is 1. The maximum Gasteiger partial charge on any atom is 0.0407 e. The fourth-order valence-electron chi connectivity index (χ4n) is 1.83. The Morgan fingerprint density at radius 3 is 2.27 bits per heavy atom. The first kappa shape index (κ1) is 12.6. The molecule has 0 atom stereocenters. The molecule has 0 amide bonds. The lowest BCUT2D eigenvalue weighted by atomic mass is 10.1. The molecule has 0 aliphatic rings. The summed E-state index contributed by atoms with van der Waals surface area (Å²) < 4.78 is 1.21. The molecule has 0 aromatic heterocycles. The van der Waals surface area contributed by atoms with E-state index in [-0.39, 0.29) is 0 Å². The Kier molecular flexibility index (Phi) is 5.16. The normalized spacial score (nSPS) is 10.4. The Labute approximate surface area is 102 Å². The van der Waals surface area contributed by atoms with Gasteiger partial charge in [-0.2, -0.15) is 0 Å². The largest absolute Gasteiger partial charge is 0.371 e. The molecule has 0 saturated carbocycles. The second-order valence-electron chi connectivity index (χ2n) is 3.87. The minimum Gasteiger partial charge on any atom is -0.371 e. The Morgan fingerprint density at radius 2 is 1.73 bits per heavy atom. The van der Waals surface area contributed by atoms with E-state index in [1.54, 1.807) is 0 Å². The van der Waals surface area contributed by atoms with Gasteiger partial charge in [0.15, 0.2) is 0 Å². The van der Waals surface area contributed by atoms with E-state index in [0.717, 1.165) is 13.1 Å². The van der Waals surface area contributed by atoms with E-state index in [1.807, 2.05) is 0 Å². The van der Waals surface area contributed by atoms with Crippen molar-refractivity contribution in [1.29, 1.82) is 0 Å².